The number of hydrogen-bond donors (Lipinski definition) is 1. The number of fused-ring (bicyclic) bond motifs is 1. The maximum Gasteiger partial charge on any atom is 0.219 e. The molecular formula is C18H20N2O5S. The van der Waals surface area contributed by atoms with Gasteiger partial charge in [-0.1, -0.05) is 13.0 Å². The van der Waals surface area contributed by atoms with Gasteiger partial charge in [-0.25, -0.2) is 8.42 Å². The normalized spacial score (nSPS) is 14.5. The summed E-state index contributed by atoms with van der Waals surface area (Å²) in [4.78, 5) is 15.8. The number of aromatic nitrogens is 1. The summed E-state index contributed by atoms with van der Waals surface area (Å²) in [5, 5.41) is 1.72. The molecule has 3 rings (SSSR count). The first kappa shape index (κ1) is 18.2. The Morgan fingerprint density at radius 3 is 2.69 bits per heavy atom. The maximum absolute atomic E-state index is 13.2. The number of nitrogens with zero attached hydrogens (tertiary/aromatic N) is 1. The highest BCUT2D eigenvalue weighted by Crippen LogP contribution is 2.36. The molecule has 0 saturated heterocycles. The second-order valence-corrected chi connectivity index (χ2v) is 7.91. The molecule has 0 bridgehead atoms. The van der Waals surface area contributed by atoms with Gasteiger partial charge in [0.2, 0.25) is 5.91 Å². The predicted octanol–water partition coefficient (Wildman–Crippen LogP) is 1.89. The van der Waals surface area contributed by atoms with Crippen LogP contribution >= 0.6 is 0 Å². The van der Waals surface area contributed by atoms with Crippen molar-refractivity contribution in [2.75, 3.05) is 19.8 Å². The van der Waals surface area contributed by atoms with Crippen LogP contribution in [0.2, 0.25) is 0 Å². The number of sulfone groups is 1. The standard InChI is InChI=1S/C18H20N2O5S/c1-2-18(21)20-12-17(13-4-3-7-19-11-13)26(22,23)14-5-6-15-16(10-14)25-9-8-24-15/h3-7,10-11,17H,2,8-9,12H2,1H3,(H,20,21)/t17-/m1/s1. The molecule has 0 radical (unpaired) electrons. The van der Waals surface area contributed by atoms with Crippen LogP contribution in [0.3, 0.4) is 0 Å². The number of ether oxygens (including phenoxy) is 2. The largest absolute Gasteiger partial charge is 0.486 e. The fraction of sp³-hybridized carbons (Fsp3) is 0.333. The van der Waals surface area contributed by atoms with Crippen LogP contribution in [0.15, 0.2) is 47.6 Å². The summed E-state index contributed by atoms with van der Waals surface area (Å²) in [6.45, 7) is 2.48. The molecule has 1 aliphatic heterocycles. The highest BCUT2D eigenvalue weighted by atomic mass is 32.2. The van der Waals surface area contributed by atoms with Crippen molar-refractivity contribution in [3.63, 3.8) is 0 Å². The number of pyridine rings is 1. The smallest absolute Gasteiger partial charge is 0.219 e. The second kappa shape index (κ2) is 7.74. The van der Waals surface area contributed by atoms with E-state index in [1.165, 1.54) is 18.3 Å². The van der Waals surface area contributed by atoms with E-state index in [1.807, 2.05) is 0 Å². The number of benzene rings is 1. The molecule has 1 aromatic carbocycles. The number of nitrogens with one attached hydrogen (secondary N) is 1. The zero-order chi connectivity index (χ0) is 18.6. The lowest BCUT2D eigenvalue weighted by atomic mass is 10.2. The van der Waals surface area contributed by atoms with Crippen LogP contribution in [0.4, 0.5) is 0 Å². The van der Waals surface area contributed by atoms with Crippen LogP contribution in [0, 0.1) is 0 Å². The third-order valence-electron chi connectivity index (χ3n) is 4.08. The molecule has 26 heavy (non-hydrogen) atoms. The van der Waals surface area contributed by atoms with Crippen molar-refractivity contribution in [1.29, 1.82) is 0 Å². The molecule has 2 aromatic rings. The molecule has 0 spiro atoms. The Bertz CT molecular complexity index is 884. The molecule has 1 atom stereocenters. The number of carbonyl (C=O) groups excluding carboxylic acids is 1. The lowest BCUT2D eigenvalue weighted by Gasteiger charge is -2.21. The van der Waals surface area contributed by atoms with Gasteiger partial charge in [0, 0.05) is 31.4 Å². The Morgan fingerprint density at radius 2 is 2.00 bits per heavy atom. The van der Waals surface area contributed by atoms with E-state index in [0.717, 1.165) is 0 Å². The van der Waals surface area contributed by atoms with Gasteiger partial charge in [0.15, 0.2) is 21.3 Å². The van der Waals surface area contributed by atoms with E-state index >= 15 is 0 Å². The van der Waals surface area contributed by atoms with E-state index in [1.54, 1.807) is 31.3 Å². The minimum atomic E-state index is -3.78. The lowest BCUT2D eigenvalue weighted by molar-refractivity contribution is -0.120. The highest BCUT2D eigenvalue weighted by Gasteiger charge is 2.31. The first-order chi connectivity index (χ1) is 12.5. The molecule has 0 fully saturated rings. The first-order valence-corrected chi connectivity index (χ1v) is 9.87. The zero-order valence-electron chi connectivity index (χ0n) is 14.3. The van der Waals surface area contributed by atoms with E-state index in [-0.39, 0.29) is 23.8 Å². The van der Waals surface area contributed by atoms with E-state index in [9.17, 15) is 13.2 Å². The summed E-state index contributed by atoms with van der Waals surface area (Å²) in [6, 6.07) is 7.91. The molecule has 1 N–H and O–H groups in total. The Kier molecular flexibility index (Phi) is 5.41. The number of hydrogen-bond acceptors (Lipinski definition) is 6. The van der Waals surface area contributed by atoms with E-state index in [2.05, 4.69) is 10.3 Å². The van der Waals surface area contributed by atoms with Gasteiger partial charge in [-0.15, -0.1) is 0 Å². The highest BCUT2D eigenvalue weighted by molar-refractivity contribution is 7.91. The molecule has 8 heteroatoms. The van der Waals surface area contributed by atoms with Gasteiger partial charge < -0.3 is 14.8 Å². The van der Waals surface area contributed by atoms with E-state index < -0.39 is 15.1 Å². The van der Waals surface area contributed by atoms with Crippen LogP contribution in [0.5, 0.6) is 11.5 Å². The number of carbonyl (C=O) groups is 1. The van der Waals surface area contributed by atoms with Crippen molar-refractivity contribution >= 4 is 15.7 Å². The fourth-order valence-corrected chi connectivity index (χ4v) is 4.33. The summed E-state index contributed by atoms with van der Waals surface area (Å²) in [6.07, 6.45) is 3.35. The molecule has 1 aliphatic rings. The van der Waals surface area contributed by atoms with Gasteiger partial charge >= 0.3 is 0 Å². The average Bonchev–Trinajstić information content (AvgIpc) is 2.68. The molecule has 0 unspecified atom stereocenters. The second-order valence-electron chi connectivity index (χ2n) is 5.78. The molecule has 7 nitrogen and oxygen atoms in total. The van der Waals surface area contributed by atoms with Gasteiger partial charge in [-0.05, 0) is 23.8 Å². The van der Waals surface area contributed by atoms with Crippen molar-refractivity contribution in [2.24, 2.45) is 0 Å². The van der Waals surface area contributed by atoms with Gasteiger partial charge in [0.05, 0.1) is 4.90 Å². The van der Waals surface area contributed by atoms with Gasteiger partial charge in [-0.2, -0.15) is 0 Å². The minimum absolute atomic E-state index is 0.0326. The Labute approximate surface area is 152 Å². The first-order valence-electron chi connectivity index (χ1n) is 8.32. The Balaban J connectivity index is 1.97. The summed E-state index contributed by atoms with van der Waals surface area (Å²) >= 11 is 0. The number of rotatable bonds is 6. The monoisotopic (exact) mass is 376 g/mol. The lowest BCUT2D eigenvalue weighted by Crippen LogP contribution is -2.31. The third-order valence-corrected chi connectivity index (χ3v) is 6.18. The summed E-state index contributed by atoms with van der Waals surface area (Å²) < 4.78 is 37.4. The SMILES string of the molecule is CCC(=O)NC[C@H](c1cccnc1)S(=O)(=O)c1ccc2c(c1)OCCO2. The third kappa shape index (κ3) is 3.80. The molecule has 2 heterocycles. The Hall–Kier alpha value is -2.61. The summed E-state index contributed by atoms with van der Waals surface area (Å²) in [7, 11) is -3.78. The van der Waals surface area contributed by atoms with Crippen LogP contribution in [-0.4, -0.2) is 39.1 Å². The number of amides is 1. The van der Waals surface area contributed by atoms with Gasteiger partial charge in [0.1, 0.15) is 18.5 Å². The van der Waals surface area contributed by atoms with Crippen molar-refractivity contribution < 1.29 is 22.7 Å². The van der Waals surface area contributed by atoms with E-state index in [0.29, 0.717) is 30.3 Å². The Morgan fingerprint density at radius 1 is 1.23 bits per heavy atom. The quantitative estimate of drug-likeness (QED) is 0.827. The topological polar surface area (TPSA) is 94.6 Å². The van der Waals surface area contributed by atoms with Crippen LogP contribution in [0.25, 0.3) is 0 Å². The zero-order valence-corrected chi connectivity index (χ0v) is 15.2. The average molecular weight is 376 g/mol. The molecule has 1 amide bonds. The summed E-state index contributed by atoms with van der Waals surface area (Å²) in [5.74, 6) is 0.712. The molecule has 0 saturated carbocycles. The van der Waals surface area contributed by atoms with Crippen molar-refractivity contribution in [1.82, 2.24) is 10.3 Å². The fourth-order valence-electron chi connectivity index (χ4n) is 2.67. The predicted molar refractivity (Wildman–Crippen MR) is 94.9 cm³/mol. The molecule has 138 valence electrons. The molecule has 0 aliphatic carbocycles. The van der Waals surface area contributed by atoms with E-state index in [4.69, 9.17) is 9.47 Å². The van der Waals surface area contributed by atoms with Crippen molar-refractivity contribution in [3.8, 4) is 11.5 Å². The van der Waals surface area contributed by atoms with Crippen molar-refractivity contribution in [2.45, 2.75) is 23.5 Å². The van der Waals surface area contributed by atoms with Gasteiger partial charge in [0.25, 0.3) is 0 Å². The molecular weight excluding hydrogens is 356 g/mol. The van der Waals surface area contributed by atoms with Crippen molar-refractivity contribution in [3.05, 3.63) is 48.3 Å². The van der Waals surface area contributed by atoms with Crippen LogP contribution < -0.4 is 14.8 Å². The van der Waals surface area contributed by atoms with Crippen LogP contribution in [-0.2, 0) is 14.6 Å². The summed E-state index contributed by atoms with van der Waals surface area (Å²) in [5.41, 5.74) is 0.513. The van der Waals surface area contributed by atoms with Crippen LogP contribution in [0.1, 0.15) is 24.2 Å². The molecule has 1 aromatic heterocycles. The maximum atomic E-state index is 13.2. The van der Waals surface area contributed by atoms with Gasteiger partial charge in [-0.3, -0.25) is 9.78 Å². The minimum Gasteiger partial charge on any atom is -0.486 e.